The van der Waals surface area contributed by atoms with Gasteiger partial charge in [0.05, 0.1) is 12.0 Å². The van der Waals surface area contributed by atoms with Gasteiger partial charge in [-0.2, -0.15) is 0 Å². The molecule has 1 aromatic rings. The predicted molar refractivity (Wildman–Crippen MR) is 73.0 cm³/mol. The Hall–Kier alpha value is -1.39. The Balaban J connectivity index is 2.76. The molecule has 0 spiro atoms. The zero-order valence-electron chi connectivity index (χ0n) is 10.5. The Morgan fingerprint density at radius 1 is 1.28 bits per heavy atom. The lowest BCUT2D eigenvalue weighted by molar-refractivity contribution is -0.122. The van der Waals surface area contributed by atoms with E-state index in [1.807, 2.05) is 0 Å². The van der Waals surface area contributed by atoms with E-state index in [0.29, 0.717) is 11.3 Å². The maximum atomic E-state index is 11.9. The summed E-state index contributed by atoms with van der Waals surface area (Å²) in [5.41, 5.74) is 5.80. The van der Waals surface area contributed by atoms with Crippen LogP contribution in [-0.4, -0.2) is 24.1 Å². The lowest BCUT2D eigenvalue weighted by Crippen LogP contribution is -2.32. The smallest absolute Gasteiger partial charge is 0.231 e. The highest BCUT2D eigenvalue weighted by Crippen LogP contribution is 2.20. The second kappa shape index (κ2) is 5.98. The molecule has 0 atom stereocenters. The summed E-state index contributed by atoms with van der Waals surface area (Å²) in [4.78, 5) is 23.2. The molecule has 0 fully saturated rings. The Kier molecular flexibility index (Phi) is 4.87. The summed E-state index contributed by atoms with van der Waals surface area (Å²) in [5.74, 6) is -0.0490. The number of halogens is 1. The first-order chi connectivity index (χ1) is 8.40. The number of alkyl halides is 1. The number of nitrogens with one attached hydrogen (secondary N) is 1. The Labute approximate surface area is 112 Å². The van der Waals surface area contributed by atoms with Crippen LogP contribution < -0.4 is 11.1 Å². The standard InChI is InChI=1S/C13H17ClN2O2/c1-13(2,8-14)12(18)16-10-5-3-9(4-6-10)11(17)7-15/h3-6H,7-8,15H2,1-2H3,(H,16,18). The summed E-state index contributed by atoms with van der Waals surface area (Å²) >= 11 is 5.72. The van der Waals surface area contributed by atoms with Crippen LogP contribution in [0.3, 0.4) is 0 Å². The van der Waals surface area contributed by atoms with Crippen molar-refractivity contribution in [2.24, 2.45) is 11.1 Å². The molecule has 0 aromatic heterocycles. The van der Waals surface area contributed by atoms with Crippen molar-refractivity contribution >= 4 is 29.0 Å². The molecule has 0 aliphatic carbocycles. The number of carbonyl (C=O) groups excluding carboxylic acids is 2. The van der Waals surface area contributed by atoms with Gasteiger partial charge in [0, 0.05) is 17.1 Å². The molecular formula is C13H17ClN2O2. The van der Waals surface area contributed by atoms with E-state index < -0.39 is 5.41 Å². The molecule has 4 nitrogen and oxygen atoms in total. The number of hydrogen-bond acceptors (Lipinski definition) is 3. The lowest BCUT2D eigenvalue weighted by Gasteiger charge is -2.20. The number of benzene rings is 1. The quantitative estimate of drug-likeness (QED) is 0.634. The highest BCUT2D eigenvalue weighted by molar-refractivity contribution is 6.20. The van der Waals surface area contributed by atoms with E-state index in [2.05, 4.69) is 5.32 Å². The summed E-state index contributed by atoms with van der Waals surface area (Å²) in [5, 5.41) is 2.75. The predicted octanol–water partition coefficient (Wildman–Crippen LogP) is 2.03. The van der Waals surface area contributed by atoms with Gasteiger partial charge in [-0.1, -0.05) is 0 Å². The van der Waals surface area contributed by atoms with E-state index in [1.54, 1.807) is 38.1 Å². The van der Waals surface area contributed by atoms with Crippen LogP contribution in [0.1, 0.15) is 24.2 Å². The number of anilines is 1. The number of ketones is 1. The monoisotopic (exact) mass is 268 g/mol. The minimum Gasteiger partial charge on any atom is -0.326 e. The van der Waals surface area contributed by atoms with Crippen LogP contribution in [0.4, 0.5) is 5.69 Å². The minimum absolute atomic E-state index is 0.0228. The molecule has 0 aliphatic heterocycles. The van der Waals surface area contributed by atoms with Gasteiger partial charge in [0.15, 0.2) is 5.78 Å². The van der Waals surface area contributed by atoms with Gasteiger partial charge in [-0.05, 0) is 38.1 Å². The topological polar surface area (TPSA) is 72.2 Å². The van der Waals surface area contributed by atoms with Gasteiger partial charge < -0.3 is 11.1 Å². The van der Waals surface area contributed by atoms with Crippen LogP contribution in [-0.2, 0) is 4.79 Å². The molecule has 0 heterocycles. The van der Waals surface area contributed by atoms with Gasteiger partial charge >= 0.3 is 0 Å². The van der Waals surface area contributed by atoms with Crippen molar-refractivity contribution in [1.29, 1.82) is 0 Å². The van der Waals surface area contributed by atoms with Gasteiger partial charge in [0.1, 0.15) is 0 Å². The molecule has 18 heavy (non-hydrogen) atoms. The van der Waals surface area contributed by atoms with Gasteiger partial charge in [-0.25, -0.2) is 0 Å². The Morgan fingerprint density at radius 2 is 1.83 bits per heavy atom. The van der Waals surface area contributed by atoms with Crippen molar-refractivity contribution in [1.82, 2.24) is 0 Å². The Bertz CT molecular complexity index is 441. The lowest BCUT2D eigenvalue weighted by atomic mass is 9.95. The molecular weight excluding hydrogens is 252 g/mol. The summed E-state index contributed by atoms with van der Waals surface area (Å²) in [6.07, 6.45) is 0. The van der Waals surface area contributed by atoms with E-state index in [4.69, 9.17) is 17.3 Å². The summed E-state index contributed by atoms with van der Waals surface area (Å²) in [6.45, 7) is 3.51. The van der Waals surface area contributed by atoms with Gasteiger partial charge in [0.25, 0.3) is 0 Å². The maximum Gasteiger partial charge on any atom is 0.231 e. The summed E-state index contributed by atoms with van der Waals surface area (Å²) < 4.78 is 0. The van der Waals surface area contributed by atoms with Crippen LogP contribution in [0, 0.1) is 5.41 Å². The number of nitrogens with two attached hydrogens (primary N) is 1. The minimum atomic E-state index is -0.632. The van der Waals surface area contributed by atoms with Crippen LogP contribution in [0.2, 0.25) is 0 Å². The van der Waals surface area contributed by atoms with Crippen LogP contribution >= 0.6 is 11.6 Å². The fourth-order valence-corrected chi connectivity index (χ4v) is 1.34. The normalized spacial score (nSPS) is 11.1. The highest BCUT2D eigenvalue weighted by atomic mass is 35.5. The molecule has 0 unspecified atom stereocenters. The third kappa shape index (κ3) is 3.55. The number of hydrogen-bond donors (Lipinski definition) is 2. The van der Waals surface area contributed by atoms with E-state index in [1.165, 1.54) is 0 Å². The SMILES string of the molecule is CC(C)(CCl)C(=O)Nc1ccc(C(=O)CN)cc1. The van der Waals surface area contributed by atoms with E-state index in [9.17, 15) is 9.59 Å². The molecule has 3 N–H and O–H groups in total. The number of amides is 1. The first kappa shape index (κ1) is 14.7. The first-order valence-electron chi connectivity index (χ1n) is 5.61. The fraction of sp³-hybridized carbons (Fsp3) is 0.385. The molecule has 0 bridgehead atoms. The second-order valence-electron chi connectivity index (χ2n) is 4.68. The molecule has 0 saturated heterocycles. The molecule has 1 amide bonds. The number of Topliss-reactive ketones (excluding diaryl/α,β-unsaturated/α-hetero) is 1. The van der Waals surface area contributed by atoms with Crippen molar-refractivity contribution in [3.63, 3.8) is 0 Å². The van der Waals surface area contributed by atoms with Crippen molar-refractivity contribution in [3.8, 4) is 0 Å². The maximum absolute atomic E-state index is 11.9. The molecule has 5 heteroatoms. The van der Waals surface area contributed by atoms with Crippen molar-refractivity contribution in [2.45, 2.75) is 13.8 Å². The molecule has 0 radical (unpaired) electrons. The van der Waals surface area contributed by atoms with E-state index in [-0.39, 0.29) is 24.1 Å². The summed E-state index contributed by atoms with van der Waals surface area (Å²) in [7, 11) is 0. The first-order valence-corrected chi connectivity index (χ1v) is 6.15. The van der Waals surface area contributed by atoms with Crippen molar-refractivity contribution in [3.05, 3.63) is 29.8 Å². The highest BCUT2D eigenvalue weighted by Gasteiger charge is 2.26. The van der Waals surface area contributed by atoms with Crippen LogP contribution in [0.25, 0.3) is 0 Å². The van der Waals surface area contributed by atoms with Gasteiger partial charge in [0.2, 0.25) is 5.91 Å². The average Bonchev–Trinajstić information content (AvgIpc) is 2.38. The van der Waals surface area contributed by atoms with Gasteiger partial charge in [-0.15, -0.1) is 11.6 Å². The molecule has 98 valence electrons. The zero-order chi connectivity index (χ0) is 13.8. The average molecular weight is 269 g/mol. The molecule has 1 aromatic carbocycles. The third-order valence-electron chi connectivity index (χ3n) is 2.60. The second-order valence-corrected chi connectivity index (χ2v) is 4.94. The van der Waals surface area contributed by atoms with Crippen LogP contribution in [0.5, 0.6) is 0 Å². The van der Waals surface area contributed by atoms with E-state index in [0.717, 1.165) is 0 Å². The zero-order valence-corrected chi connectivity index (χ0v) is 11.3. The fourth-order valence-electron chi connectivity index (χ4n) is 1.22. The van der Waals surface area contributed by atoms with Crippen molar-refractivity contribution in [2.75, 3.05) is 17.7 Å². The molecule has 0 saturated carbocycles. The van der Waals surface area contributed by atoms with Crippen LogP contribution in [0.15, 0.2) is 24.3 Å². The van der Waals surface area contributed by atoms with Crippen molar-refractivity contribution < 1.29 is 9.59 Å². The molecule has 0 aliphatic rings. The Morgan fingerprint density at radius 3 is 2.28 bits per heavy atom. The number of rotatable bonds is 5. The summed E-state index contributed by atoms with van der Waals surface area (Å²) in [6, 6.07) is 6.62. The molecule has 1 rings (SSSR count). The third-order valence-corrected chi connectivity index (χ3v) is 3.27. The largest absolute Gasteiger partial charge is 0.326 e. The van der Waals surface area contributed by atoms with Gasteiger partial charge in [-0.3, -0.25) is 9.59 Å². The number of carbonyl (C=O) groups is 2. The van der Waals surface area contributed by atoms with E-state index >= 15 is 0 Å².